The highest BCUT2D eigenvalue weighted by Crippen LogP contribution is 2.25. The number of nitrogens with zero attached hydrogens (tertiary/aromatic N) is 3. The summed E-state index contributed by atoms with van der Waals surface area (Å²) in [5.41, 5.74) is 1.74. The average molecular weight is 359 g/mol. The standard InChI is InChI=1S/C12H11ClN4OS3/c1-2-20-11-7(13)3-14-10(17-11)6-21(18)12-15-8-4-19-5-9(8)16-12/h3-5H,2,6H2,1H3,(H,15,16). The summed E-state index contributed by atoms with van der Waals surface area (Å²) >= 11 is 7.82. The van der Waals surface area contributed by atoms with Crippen LogP contribution in [0.1, 0.15) is 12.7 Å². The Labute approximate surface area is 137 Å². The van der Waals surface area contributed by atoms with E-state index in [4.69, 9.17) is 11.6 Å². The normalized spacial score (nSPS) is 12.9. The predicted octanol–water partition coefficient (Wildman–Crippen LogP) is 3.49. The van der Waals surface area contributed by atoms with Crippen LogP contribution in [-0.2, 0) is 16.9 Å². The maximum Gasteiger partial charge on any atom is 0.322 e. The number of imidazole rings is 1. The summed E-state index contributed by atoms with van der Waals surface area (Å²) in [5, 5.41) is 5.56. The zero-order valence-electron chi connectivity index (χ0n) is 11.0. The van der Waals surface area contributed by atoms with Crippen molar-refractivity contribution in [1.82, 2.24) is 19.9 Å². The molecule has 1 atom stereocenters. The number of hydrogen-bond acceptors (Lipinski definition) is 6. The van der Waals surface area contributed by atoms with Crippen LogP contribution in [0.3, 0.4) is 0 Å². The van der Waals surface area contributed by atoms with Gasteiger partial charge >= 0.3 is 5.16 Å². The van der Waals surface area contributed by atoms with Crippen molar-refractivity contribution in [3.05, 3.63) is 27.8 Å². The minimum Gasteiger partial charge on any atom is -0.609 e. The fraction of sp³-hybridized carbons (Fsp3) is 0.250. The molecule has 3 heterocycles. The van der Waals surface area contributed by atoms with Crippen molar-refractivity contribution < 1.29 is 4.55 Å². The molecule has 3 aromatic rings. The first-order valence-corrected chi connectivity index (χ1v) is 9.74. The highest BCUT2D eigenvalue weighted by molar-refractivity contribution is 7.99. The van der Waals surface area contributed by atoms with Crippen LogP contribution in [0.2, 0.25) is 5.02 Å². The molecule has 3 aromatic heterocycles. The topological polar surface area (TPSA) is 77.5 Å². The third-order valence-corrected chi connectivity index (χ3v) is 5.76. The Bertz CT molecular complexity index is 731. The lowest BCUT2D eigenvalue weighted by molar-refractivity contribution is 0.585. The Morgan fingerprint density at radius 2 is 2.29 bits per heavy atom. The molecule has 1 unspecified atom stereocenters. The Kier molecular flexibility index (Phi) is 4.70. The minimum atomic E-state index is -1.30. The summed E-state index contributed by atoms with van der Waals surface area (Å²) in [6.07, 6.45) is 1.55. The number of thiophene rings is 1. The molecule has 0 aliphatic carbocycles. The van der Waals surface area contributed by atoms with E-state index >= 15 is 0 Å². The van der Waals surface area contributed by atoms with Gasteiger partial charge in [-0.3, -0.25) is 4.98 Å². The van der Waals surface area contributed by atoms with Crippen molar-refractivity contribution in [3.63, 3.8) is 0 Å². The van der Waals surface area contributed by atoms with Gasteiger partial charge in [-0.15, -0.1) is 23.1 Å². The second kappa shape index (κ2) is 6.53. The highest BCUT2D eigenvalue weighted by Gasteiger charge is 2.20. The van der Waals surface area contributed by atoms with Crippen LogP contribution in [0.15, 0.2) is 27.1 Å². The second-order valence-corrected chi connectivity index (χ2v) is 7.84. The molecule has 0 aliphatic heterocycles. The largest absolute Gasteiger partial charge is 0.609 e. The van der Waals surface area contributed by atoms with Crippen LogP contribution >= 0.6 is 34.7 Å². The Morgan fingerprint density at radius 1 is 1.43 bits per heavy atom. The Morgan fingerprint density at radius 3 is 3.05 bits per heavy atom. The molecular formula is C12H11ClN4OS3. The number of halogens is 1. The molecule has 0 fully saturated rings. The Balaban J connectivity index is 1.79. The van der Waals surface area contributed by atoms with E-state index in [1.165, 1.54) is 0 Å². The number of rotatable bonds is 5. The molecule has 1 N–H and O–H groups in total. The second-order valence-electron chi connectivity index (χ2n) is 4.07. The average Bonchev–Trinajstić information content (AvgIpc) is 3.03. The molecule has 3 rings (SSSR count). The molecule has 0 bridgehead atoms. The number of H-pyrrole nitrogens is 1. The van der Waals surface area contributed by atoms with Crippen LogP contribution in [0, 0.1) is 0 Å². The van der Waals surface area contributed by atoms with E-state index in [-0.39, 0.29) is 5.75 Å². The number of nitrogens with one attached hydrogen (secondary N) is 1. The third kappa shape index (κ3) is 3.35. The Hall–Kier alpha value is -0.800. The monoisotopic (exact) mass is 358 g/mol. The van der Waals surface area contributed by atoms with Gasteiger partial charge in [0.05, 0.1) is 16.7 Å². The number of aromatic amines is 1. The van der Waals surface area contributed by atoms with E-state index in [9.17, 15) is 4.55 Å². The molecule has 0 saturated carbocycles. The minimum absolute atomic E-state index is 0.216. The zero-order valence-corrected chi connectivity index (χ0v) is 14.2. The van der Waals surface area contributed by atoms with E-state index in [0.29, 0.717) is 16.0 Å². The SMILES string of the molecule is CCSc1nc(C[S+]([O-])c2nc3cscc3[nH]2)ncc1Cl. The van der Waals surface area contributed by atoms with E-state index in [1.807, 2.05) is 17.7 Å². The van der Waals surface area contributed by atoms with Gasteiger partial charge in [-0.05, 0) is 5.75 Å². The summed E-state index contributed by atoms with van der Waals surface area (Å²) < 4.78 is 12.3. The third-order valence-electron chi connectivity index (χ3n) is 2.62. The van der Waals surface area contributed by atoms with E-state index < -0.39 is 11.2 Å². The molecule has 0 amide bonds. The van der Waals surface area contributed by atoms with Gasteiger partial charge in [0.2, 0.25) is 0 Å². The molecular weight excluding hydrogens is 348 g/mol. The van der Waals surface area contributed by atoms with Gasteiger partial charge in [-0.1, -0.05) is 18.5 Å². The van der Waals surface area contributed by atoms with Crippen LogP contribution < -0.4 is 0 Å². The van der Waals surface area contributed by atoms with Gasteiger partial charge in [-0.25, -0.2) is 9.97 Å². The summed E-state index contributed by atoms with van der Waals surface area (Å²) in [5.74, 6) is 1.59. The fourth-order valence-electron chi connectivity index (χ4n) is 1.71. The van der Waals surface area contributed by atoms with Crippen molar-refractivity contribution >= 4 is 56.9 Å². The van der Waals surface area contributed by atoms with Crippen molar-refractivity contribution in [2.45, 2.75) is 22.9 Å². The van der Waals surface area contributed by atoms with Crippen molar-refractivity contribution in [2.75, 3.05) is 5.75 Å². The lowest BCUT2D eigenvalue weighted by Crippen LogP contribution is -2.10. The fourth-order valence-corrected chi connectivity index (χ4v) is 4.23. The molecule has 0 aromatic carbocycles. The van der Waals surface area contributed by atoms with Gasteiger partial charge in [0.15, 0.2) is 11.6 Å². The molecule has 21 heavy (non-hydrogen) atoms. The summed E-state index contributed by atoms with van der Waals surface area (Å²) in [6, 6.07) is 0. The smallest absolute Gasteiger partial charge is 0.322 e. The van der Waals surface area contributed by atoms with Gasteiger partial charge in [0.25, 0.3) is 0 Å². The van der Waals surface area contributed by atoms with Crippen LogP contribution in [-0.4, -0.2) is 30.2 Å². The van der Waals surface area contributed by atoms with E-state index in [2.05, 4.69) is 19.9 Å². The maximum absolute atomic E-state index is 12.3. The van der Waals surface area contributed by atoms with Crippen molar-refractivity contribution in [1.29, 1.82) is 0 Å². The zero-order chi connectivity index (χ0) is 14.8. The van der Waals surface area contributed by atoms with E-state index in [0.717, 1.165) is 21.8 Å². The van der Waals surface area contributed by atoms with Gasteiger partial charge < -0.3 is 4.55 Å². The van der Waals surface area contributed by atoms with Crippen LogP contribution in [0.25, 0.3) is 11.0 Å². The lowest BCUT2D eigenvalue weighted by Gasteiger charge is -2.07. The van der Waals surface area contributed by atoms with Gasteiger partial charge in [-0.2, -0.15) is 4.98 Å². The first-order chi connectivity index (χ1) is 10.2. The number of fused-ring (bicyclic) bond motifs is 1. The molecule has 110 valence electrons. The molecule has 0 aliphatic rings. The quantitative estimate of drug-likeness (QED) is 0.429. The maximum atomic E-state index is 12.3. The highest BCUT2D eigenvalue weighted by atomic mass is 35.5. The summed E-state index contributed by atoms with van der Waals surface area (Å²) in [4.78, 5) is 15.9. The van der Waals surface area contributed by atoms with Crippen molar-refractivity contribution in [2.24, 2.45) is 0 Å². The van der Waals surface area contributed by atoms with Crippen LogP contribution in [0.5, 0.6) is 0 Å². The number of hydrogen-bond donors (Lipinski definition) is 1. The number of aromatic nitrogens is 4. The molecule has 0 spiro atoms. The molecule has 5 nitrogen and oxygen atoms in total. The molecule has 9 heteroatoms. The first kappa shape index (κ1) is 15.1. The van der Waals surface area contributed by atoms with Gasteiger partial charge in [0.1, 0.15) is 10.5 Å². The van der Waals surface area contributed by atoms with E-state index in [1.54, 1.807) is 29.3 Å². The summed E-state index contributed by atoms with van der Waals surface area (Å²) in [6.45, 7) is 2.02. The predicted molar refractivity (Wildman–Crippen MR) is 87.5 cm³/mol. The molecule has 0 saturated heterocycles. The summed E-state index contributed by atoms with van der Waals surface area (Å²) in [7, 11) is 0. The lowest BCUT2D eigenvalue weighted by atomic mass is 10.5. The van der Waals surface area contributed by atoms with Gasteiger partial charge in [0, 0.05) is 21.9 Å². The molecule has 0 radical (unpaired) electrons. The first-order valence-electron chi connectivity index (χ1n) is 6.12. The van der Waals surface area contributed by atoms with Crippen LogP contribution in [0.4, 0.5) is 0 Å². The number of thioether (sulfide) groups is 1. The van der Waals surface area contributed by atoms with Crippen molar-refractivity contribution in [3.8, 4) is 0 Å².